The molecular formula is C20H17F6NO3. The first-order valence-electron chi connectivity index (χ1n) is 8.75. The van der Waals surface area contributed by atoms with Gasteiger partial charge in [-0.1, -0.05) is 31.2 Å². The maximum Gasteiger partial charge on any atom is 0.417 e. The predicted molar refractivity (Wildman–Crippen MR) is 94.7 cm³/mol. The highest BCUT2D eigenvalue weighted by Gasteiger charge is 2.36. The Hall–Kier alpha value is -3.04. The quantitative estimate of drug-likeness (QED) is 0.510. The lowest BCUT2D eigenvalue weighted by Crippen LogP contribution is -2.39. The summed E-state index contributed by atoms with van der Waals surface area (Å²) in [5.41, 5.74) is -3.62. The highest BCUT2D eigenvalue weighted by atomic mass is 19.4. The second-order valence-electron chi connectivity index (χ2n) is 6.26. The second-order valence-corrected chi connectivity index (χ2v) is 6.26. The van der Waals surface area contributed by atoms with Gasteiger partial charge in [0.1, 0.15) is 6.61 Å². The van der Waals surface area contributed by atoms with Gasteiger partial charge < -0.3 is 10.1 Å². The summed E-state index contributed by atoms with van der Waals surface area (Å²) in [4.78, 5) is 24.4. The number of esters is 1. The molecule has 0 unspecified atom stereocenters. The van der Waals surface area contributed by atoms with E-state index in [0.29, 0.717) is 0 Å². The zero-order valence-corrected chi connectivity index (χ0v) is 15.6. The molecule has 0 spiro atoms. The number of hydrogen-bond acceptors (Lipinski definition) is 3. The Morgan fingerprint density at radius 3 is 1.83 bits per heavy atom. The molecule has 0 aliphatic heterocycles. The SMILES string of the molecule is CC[C@@H](COC(=O)c1ccccc1C(F)(F)F)NC(=O)c1ccccc1C(F)(F)F. The van der Waals surface area contributed by atoms with E-state index in [0.717, 1.165) is 36.4 Å². The maximum absolute atomic E-state index is 13.1. The lowest BCUT2D eigenvalue weighted by Gasteiger charge is -2.19. The molecule has 1 N–H and O–H groups in total. The molecule has 1 amide bonds. The summed E-state index contributed by atoms with van der Waals surface area (Å²) in [6.07, 6.45) is -9.35. The van der Waals surface area contributed by atoms with Gasteiger partial charge in [0.15, 0.2) is 0 Å². The topological polar surface area (TPSA) is 55.4 Å². The Bertz CT molecular complexity index is 908. The first-order chi connectivity index (χ1) is 13.9. The molecule has 162 valence electrons. The smallest absolute Gasteiger partial charge is 0.417 e. The molecule has 0 aromatic heterocycles. The number of benzene rings is 2. The minimum atomic E-state index is -4.77. The Balaban J connectivity index is 2.10. The number of amides is 1. The van der Waals surface area contributed by atoms with Crippen LogP contribution in [-0.4, -0.2) is 24.5 Å². The molecule has 0 saturated carbocycles. The number of halogens is 6. The molecule has 0 bridgehead atoms. The number of carbonyl (C=O) groups excluding carboxylic acids is 2. The van der Waals surface area contributed by atoms with Crippen molar-refractivity contribution in [2.75, 3.05) is 6.61 Å². The van der Waals surface area contributed by atoms with Gasteiger partial charge in [-0.3, -0.25) is 4.79 Å². The molecule has 2 aromatic carbocycles. The third kappa shape index (κ3) is 5.74. The highest BCUT2D eigenvalue weighted by molar-refractivity contribution is 5.96. The number of alkyl halides is 6. The summed E-state index contributed by atoms with van der Waals surface area (Å²) in [6.45, 7) is 1.06. The molecule has 0 aliphatic carbocycles. The molecule has 1 atom stereocenters. The number of rotatable bonds is 6. The summed E-state index contributed by atoms with van der Waals surface area (Å²) in [5, 5.41) is 2.31. The average Bonchev–Trinajstić information content (AvgIpc) is 2.69. The van der Waals surface area contributed by atoms with E-state index in [9.17, 15) is 35.9 Å². The van der Waals surface area contributed by atoms with Crippen LogP contribution in [0.3, 0.4) is 0 Å². The number of ether oxygens (including phenoxy) is 1. The Kier molecular flexibility index (Phi) is 7.12. The van der Waals surface area contributed by atoms with Crippen molar-refractivity contribution in [3.8, 4) is 0 Å². The van der Waals surface area contributed by atoms with Crippen molar-refractivity contribution in [2.45, 2.75) is 31.7 Å². The highest BCUT2D eigenvalue weighted by Crippen LogP contribution is 2.33. The molecule has 30 heavy (non-hydrogen) atoms. The van der Waals surface area contributed by atoms with Gasteiger partial charge in [0.05, 0.1) is 28.3 Å². The second kappa shape index (κ2) is 9.19. The van der Waals surface area contributed by atoms with E-state index < -0.39 is 59.1 Å². The third-order valence-corrected chi connectivity index (χ3v) is 4.17. The van der Waals surface area contributed by atoms with Crippen molar-refractivity contribution in [2.24, 2.45) is 0 Å². The minimum Gasteiger partial charge on any atom is -0.460 e. The Labute approximate surface area is 167 Å². The van der Waals surface area contributed by atoms with E-state index in [4.69, 9.17) is 4.74 Å². The van der Waals surface area contributed by atoms with Crippen molar-refractivity contribution >= 4 is 11.9 Å². The maximum atomic E-state index is 13.1. The van der Waals surface area contributed by atoms with Crippen LogP contribution in [-0.2, 0) is 17.1 Å². The van der Waals surface area contributed by atoms with Crippen LogP contribution in [0, 0.1) is 0 Å². The molecule has 0 radical (unpaired) electrons. The van der Waals surface area contributed by atoms with E-state index in [-0.39, 0.29) is 6.42 Å². The summed E-state index contributed by atoms with van der Waals surface area (Å²) in [6, 6.07) is 7.27. The van der Waals surface area contributed by atoms with Crippen LogP contribution >= 0.6 is 0 Å². The predicted octanol–water partition coefficient (Wildman–Crippen LogP) is 5.09. The van der Waals surface area contributed by atoms with E-state index in [1.807, 2.05) is 0 Å². The summed E-state index contributed by atoms with van der Waals surface area (Å²) < 4.78 is 83.1. The third-order valence-electron chi connectivity index (χ3n) is 4.17. The minimum absolute atomic E-state index is 0.161. The van der Waals surface area contributed by atoms with E-state index >= 15 is 0 Å². The van der Waals surface area contributed by atoms with E-state index in [1.165, 1.54) is 12.1 Å². The summed E-state index contributed by atoms with van der Waals surface area (Å²) >= 11 is 0. The number of hydrogen-bond donors (Lipinski definition) is 1. The number of nitrogens with one attached hydrogen (secondary N) is 1. The molecule has 2 aromatic rings. The fourth-order valence-corrected chi connectivity index (χ4v) is 2.62. The lowest BCUT2D eigenvalue weighted by atomic mass is 10.1. The largest absolute Gasteiger partial charge is 0.460 e. The van der Waals surface area contributed by atoms with Crippen LogP contribution in [0.4, 0.5) is 26.3 Å². The first-order valence-corrected chi connectivity index (χ1v) is 8.75. The normalized spacial score (nSPS) is 12.9. The number of carbonyl (C=O) groups is 2. The van der Waals surface area contributed by atoms with Gasteiger partial charge in [-0.2, -0.15) is 26.3 Å². The van der Waals surface area contributed by atoms with Gasteiger partial charge in [-0.25, -0.2) is 4.79 Å². The van der Waals surface area contributed by atoms with Crippen LogP contribution < -0.4 is 5.32 Å². The molecule has 0 saturated heterocycles. The van der Waals surface area contributed by atoms with Crippen LogP contribution in [0.1, 0.15) is 45.2 Å². The lowest BCUT2D eigenvalue weighted by molar-refractivity contribution is -0.138. The summed E-state index contributed by atoms with van der Waals surface area (Å²) in [5.74, 6) is -2.30. The van der Waals surface area contributed by atoms with Crippen molar-refractivity contribution in [3.05, 3.63) is 70.8 Å². The monoisotopic (exact) mass is 433 g/mol. The molecule has 4 nitrogen and oxygen atoms in total. The molecule has 0 aliphatic rings. The van der Waals surface area contributed by atoms with Gasteiger partial charge in [0.2, 0.25) is 0 Å². The van der Waals surface area contributed by atoms with Crippen molar-refractivity contribution < 1.29 is 40.7 Å². The average molecular weight is 433 g/mol. The van der Waals surface area contributed by atoms with Crippen LogP contribution in [0.25, 0.3) is 0 Å². The van der Waals surface area contributed by atoms with Crippen LogP contribution in [0.5, 0.6) is 0 Å². The first kappa shape index (κ1) is 23.2. The fourth-order valence-electron chi connectivity index (χ4n) is 2.62. The van der Waals surface area contributed by atoms with Crippen molar-refractivity contribution in [1.29, 1.82) is 0 Å². The Morgan fingerprint density at radius 1 is 0.867 bits per heavy atom. The molecular weight excluding hydrogens is 416 g/mol. The molecule has 0 heterocycles. The van der Waals surface area contributed by atoms with Gasteiger partial charge >= 0.3 is 18.3 Å². The zero-order chi connectivity index (χ0) is 22.5. The van der Waals surface area contributed by atoms with Gasteiger partial charge in [-0.05, 0) is 30.7 Å². The Morgan fingerprint density at radius 2 is 1.33 bits per heavy atom. The van der Waals surface area contributed by atoms with Gasteiger partial charge in [0, 0.05) is 0 Å². The molecule has 10 heteroatoms. The van der Waals surface area contributed by atoms with Crippen molar-refractivity contribution in [3.63, 3.8) is 0 Å². The summed E-state index contributed by atoms with van der Waals surface area (Å²) in [7, 11) is 0. The van der Waals surface area contributed by atoms with Crippen molar-refractivity contribution in [1.82, 2.24) is 5.32 Å². The molecule has 0 fully saturated rings. The standard InChI is InChI=1S/C20H17F6NO3/c1-2-12(27-17(28)13-7-3-5-9-15(13)19(21,22)23)11-30-18(29)14-8-4-6-10-16(14)20(24,25)26/h3-10,12H,2,11H2,1H3,(H,27,28)/t12-/m0/s1. The molecule has 2 rings (SSSR count). The van der Waals surface area contributed by atoms with Gasteiger partial charge in [0.25, 0.3) is 5.91 Å². The van der Waals surface area contributed by atoms with Crippen LogP contribution in [0.15, 0.2) is 48.5 Å². The van der Waals surface area contributed by atoms with E-state index in [1.54, 1.807) is 6.92 Å². The zero-order valence-electron chi connectivity index (χ0n) is 15.6. The fraction of sp³-hybridized carbons (Fsp3) is 0.300. The van der Waals surface area contributed by atoms with Gasteiger partial charge in [-0.15, -0.1) is 0 Å². The van der Waals surface area contributed by atoms with Crippen LogP contribution in [0.2, 0.25) is 0 Å². The van der Waals surface area contributed by atoms with E-state index in [2.05, 4.69) is 5.32 Å².